The first kappa shape index (κ1) is 17.8. The van der Waals surface area contributed by atoms with Crippen LogP contribution in [0, 0.1) is 6.92 Å². The molecule has 0 spiro atoms. The summed E-state index contributed by atoms with van der Waals surface area (Å²) in [5, 5.41) is 6.25. The van der Waals surface area contributed by atoms with Crippen molar-refractivity contribution in [2.75, 3.05) is 6.26 Å². The molecule has 4 rings (SSSR count). The molecule has 0 bridgehead atoms. The van der Waals surface area contributed by atoms with E-state index in [4.69, 9.17) is 11.6 Å². The first-order chi connectivity index (χ1) is 13.0. The molecule has 0 saturated carbocycles. The van der Waals surface area contributed by atoms with Crippen LogP contribution in [0.4, 0.5) is 0 Å². The van der Waals surface area contributed by atoms with Gasteiger partial charge < -0.3 is 0 Å². The number of hydrogen-bond acceptors (Lipinski definition) is 5. The van der Waals surface area contributed by atoms with Gasteiger partial charge in [0.15, 0.2) is 10.8 Å². The van der Waals surface area contributed by atoms with E-state index in [1.54, 1.807) is 41.2 Å². The summed E-state index contributed by atoms with van der Waals surface area (Å²) < 4.78 is 3.56. The molecule has 3 aromatic heterocycles. The van der Waals surface area contributed by atoms with E-state index in [0.717, 1.165) is 16.9 Å². The maximum absolute atomic E-state index is 13.3. The van der Waals surface area contributed by atoms with Crippen molar-refractivity contribution >= 4 is 40.2 Å². The van der Waals surface area contributed by atoms with Gasteiger partial charge in [-0.15, -0.1) is 0 Å². The zero-order valence-electron chi connectivity index (χ0n) is 15.0. The fourth-order valence-corrected chi connectivity index (χ4v) is 3.62. The summed E-state index contributed by atoms with van der Waals surface area (Å²) in [4.78, 5) is 22.3. The molecule has 136 valence electrons. The van der Waals surface area contributed by atoms with Gasteiger partial charge >= 0.3 is 0 Å². The van der Waals surface area contributed by atoms with Gasteiger partial charge in [-0.05, 0) is 31.4 Å². The van der Waals surface area contributed by atoms with Crippen molar-refractivity contribution < 1.29 is 4.79 Å². The molecule has 0 aliphatic carbocycles. The normalized spacial score (nSPS) is 11.3. The van der Waals surface area contributed by atoms with Gasteiger partial charge in [-0.25, -0.2) is 9.97 Å². The number of aromatic nitrogens is 5. The number of hydrogen-bond donors (Lipinski definition) is 0. The maximum Gasteiger partial charge on any atom is 0.211 e. The number of rotatable bonds is 4. The van der Waals surface area contributed by atoms with Crippen LogP contribution in [0.1, 0.15) is 21.7 Å². The SMILES string of the molecule is CSc1ncc2cc(C(=O)c3ccccc3Cl)n(-c3cc(C)nn3C)c2n1. The monoisotopic (exact) mass is 397 g/mol. The summed E-state index contributed by atoms with van der Waals surface area (Å²) >= 11 is 7.72. The van der Waals surface area contributed by atoms with Gasteiger partial charge in [0.05, 0.1) is 16.4 Å². The number of halogens is 1. The fraction of sp³-hybridized carbons (Fsp3) is 0.158. The van der Waals surface area contributed by atoms with Gasteiger partial charge in [-0.1, -0.05) is 35.5 Å². The quantitative estimate of drug-likeness (QED) is 0.295. The van der Waals surface area contributed by atoms with Crippen molar-refractivity contribution in [1.29, 1.82) is 0 Å². The Morgan fingerprint density at radius 2 is 2.00 bits per heavy atom. The van der Waals surface area contributed by atoms with Gasteiger partial charge in [0.25, 0.3) is 0 Å². The average molecular weight is 398 g/mol. The lowest BCUT2D eigenvalue weighted by molar-refractivity contribution is 0.103. The van der Waals surface area contributed by atoms with Gasteiger partial charge in [-0.3, -0.25) is 14.0 Å². The Bertz CT molecular complexity index is 1180. The molecule has 0 saturated heterocycles. The number of thioether (sulfide) groups is 1. The van der Waals surface area contributed by atoms with Crippen LogP contribution in [-0.2, 0) is 7.05 Å². The maximum atomic E-state index is 13.3. The first-order valence-corrected chi connectivity index (χ1v) is 9.82. The number of ketones is 1. The number of benzene rings is 1. The molecule has 27 heavy (non-hydrogen) atoms. The Hall–Kier alpha value is -2.64. The molecule has 0 fully saturated rings. The number of nitrogens with zero attached hydrogens (tertiary/aromatic N) is 5. The molecule has 0 atom stereocenters. The molecular weight excluding hydrogens is 382 g/mol. The topological polar surface area (TPSA) is 65.6 Å². The van der Waals surface area contributed by atoms with Crippen molar-refractivity contribution in [3.63, 3.8) is 0 Å². The van der Waals surface area contributed by atoms with E-state index in [1.807, 2.05) is 30.9 Å². The highest BCUT2D eigenvalue weighted by Gasteiger charge is 2.23. The smallest absolute Gasteiger partial charge is 0.211 e. The van der Waals surface area contributed by atoms with Crippen LogP contribution in [0.15, 0.2) is 47.8 Å². The van der Waals surface area contributed by atoms with E-state index >= 15 is 0 Å². The molecule has 1 aromatic carbocycles. The van der Waals surface area contributed by atoms with E-state index in [9.17, 15) is 4.79 Å². The Morgan fingerprint density at radius 3 is 2.67 bits per heavy atom. The summed E-state index contributed by atoms with van der Waals surface area (Å²) in [6.07, 6.45) is 3.65. The summed E-state index contributed by atoms with van der Waals surface area (Å²) in [5.41, 5.74) is 2.42. The molecule has 4 aromatic rings. The zero-order chi connectivity index (χ0) is 19.1. The molecule has 6 nitrogen and oxygen atoms in total. The van der Waals surface area contributed by atoms with E-state index in [0.29, 0.717) is 27.1 Å². The van der Waals surface area contributed by atoms with Gasteiger partial charge in [-0.2, -0.15) is 5.10 Å². The standard InChI is InChI=1S/C19H16ClN5OS/c1-11-8-16(24(2)23-11)25-15(17(26)13-6-4-5-7-14(13)20)9-12-10-21-19(27-3)22-18(12)25/h4-10H,1-3H3. The minimum atomic E-state index is -0.178. The first-order valence-electron chi connectivity index (χ1n) is 8.22. The fourth-order valence-electron chi connectivity index (χ4n) is 3.06. The van der Waals surface area contributed by atoms with Gasteiger partial charge in [0, 0.05) is 30.3 Å². The lowest BCUT2D eigenvalue weighted by Crippen LogP contribution is -2.12. The second kappa shape index (κ2) is 6.83. The molecule has 0 N–H and O–H groups in total. The third-order valence-electron chi connectivity index (χ3n) is 4.26. The van der Waals surface area contributed by atoms with Crippen LogP contribution in [0.2, 0.25) is 5.02 Å². The Balaban J connectivity index is 2.03. The lowest BCUT2D eigenvalue weighted by Gasteiger charge is -2.10. The van der Waals surface area contributed by atoms with E-state index in [1.165, 1.54) is 11.8 Å². The van der Waals surface area contributed by atoms with E-state index < -0.39 is 0 Å². The largest absolute Gasteiger partial charge is 0.287 e. The van der Waals surface area contributed by atoms with Gasteiger partial charge in [0.1, 0.15) is 5.82 Å². The van der Waals surface area contributed by atoms with Crippen LogP contribution >= 0.6 is 23.4 Å². The second-order valence-electron chi connectivity index (χ2n) is 6.08. The number of fused-ring (bicyclic) bond motifs is 1. The molecule has 8 heteroatoms. The minimum absolute atomic E-state index is 0.178. The number of carbonyl (C=O) groups is 1. The van der Waals surface area contributed by atoms with Crippen molar-refractivity contribution in [2.45, 2.75) is 12.1 Å². The second-order valence-corrected chi connectivity index (χ2v) is 7.26. The van der Waals surface area contributed by atoms with Crippen molar-refractivity contribution in [1.82, 2.24) is 24.3 Å². The average Bonchev–Trinajstić information content (AvgIpc) is 3.19. The molecule has 0 amide bonds. The van der Waals surface area contributed by atoms with E-state index in [2.05, 4.69) is 15.1 Å². The summed E-state index contributed by atoms with van der Waals surface area (Å²) in [6, 6.07) is 10.8. The molecule has 3 heterocycles. The molecule has 0 aliphatic rings. The predicted octanol–water partition coefficient (Wildman–Crippen LogP) is 4.07. The van der Waals surface area contributed by atoms with Crippen LogP contribution in [0.5, 0.6) is 0 Å². The number of aryl methyl sites for hydroxylation is 2. The highest BCUT2D eigenvalue weighted by Crippen LogP contribution is 2.28. The third kappa shape index (κ3) is 3.02. The van der Waals surface area contributed by atoms with Crippen LogP contribution in [-0.4, -0.2) is 36.4 Å². The van der Waals surface area contributed by atoms with Crippen molar-refractivity contribution in [3.05, 3.63) is 64.6 Å². The zero-order valence-corrected chi connectivity index (χ0v) is 16.5. The highest BCUT2D eigenvalue weighted by atomic mass is 35.5. The molecular formula is C19H16ClN5OS. The lowest BCUT2D eigenvalue weighted by atomic mass is 10.1. The van der Waals surface area contributed by atoms with Crippen LogP contribution in [0.25, 0.3) is 16.9 Å². The molecule has 0 radical (unpaired) electrons. The van der Waals surface area contributed by atoms with Crippen LogP contribution in [0.3, 0.4) is 0 Å². The van der Waals surface area contributed by atoms with E-state index in [-0.39, 0.29) is 5.78 Å². The summed E-state index contributed by atoms with van der Waals surface area (Å²) in [6.45, 7) is 1.91. The number of carbonyl (C=O) groups excluding carboxylic acids is 1. The highest BCUT2D eigenvalue weighted by molar-refractivity contribution is 7.98. The predicted molar refractivity (Wildman–Crippen MR) is 107 cm³/mol. The summed E-state index contributed by atoms with van der Waals surface area (Å²) in [7, 11) is 1.84. The van der Waals surface area contributed by atoms with Crippen LogP contribution < -0.4 is 0 Å². The van der Waals surface area contributed by atoms with Crippen molar-refractivity contribution in [3.8, 4) is 5.82 Å². The van der Waals surface area contributed by atoms with Crippen molar-refractivity contribution in [2.24, 2.45) is 7.05 Å². The van der Waals surface area contributed by atoms with Gasteiger partial charge in [0.2, 0.25) is 5.78 Å². The Morgan fingerprint density at radius 1 is 1.22 bits per heavy atom. The summed E-state index contributed by atoms with van der Waals surface area (Å²) in [5.74, 6) is 0.576. The molecule has 0 aliphatic heterocycles. The Labute approximate surface area is 165 Å². The minimum Gasteiger partial charge on any atom is -0.287 e. The molecule has 0 unspecified atom stereocenters. The third-order valence-corrected chi connectivity index (χ3v) is 5.15. The Kier molecular flexibility index (Phi) is 4.49.